The third kappa shape index (κ3) is 3.50. The third-order valence-corrected chi connectivity index (χ3v) is 3.03. The maximum Gasteiger partial charge on any atom is 0.422 e. The molecule has 1 aromatic carbocycles. The second-order valence-corrected chi connectivity index (χ2v) is 4.72. The Balaban J connectivity index is 2.31. The van der Waals surface area contributed by atoms with Crippen molar-refractivity contribution in [1.82, 2.24) is 0 Å². The van der Waals surface area contributed by atoms with Gasteiger partial charge in [0.15, 0.2) is 6.61 Å². The predicted octanol–water partition coefficient (Wildman–Crippen LogP) is 3.93. The number of anilines is 1. The number of para-hydroxylation sites is 1. The normalized spacial score (nSPS) is 15.2. The van der Waals surface area contributed by atoms with Gasteiger partial charge in [0.05, 0.1) is 7.11 Å². The van der Waals surface area contributed by atoms with Crippen LogP contribution < -0.4 is 14.4 Å². The summed E-state index contributed by atoms with van der Waals surface area (Å²) in [5.41, 5.74) is 0.454. The average molecular weight is 308 g/mol. The van der Waals surface area contributed by atoms with E-state index in [2.05, 4.69) is 0 Å². The summed E-state index contributed by atoms with van der Waals surface area (Å²) >= 11 is 5.91. The molecule has 20 heavy (non-hydrogen) atoms. The monoisotopic (exact) mass is 307 g/mol. The van der Waals surface area contributed by atoms with Crippen LogP contribution in [-0.4, -0.2) is 26.4 Å². The molecule has 0 spiro atoms. The summed E-state index contributed by atoms with van der Waals surface area (Å²) in [6.45, 7) is -0.778. The van der Waals surface area contributed by atoms with Crippen molar-refractivity contribution in [3.63, 3.8) is 0 Å². The number of benzene rings is 1. The molecule has 7 heteroatoms. The Hall–Kier alpha value is -1.56. The highest BCUT2D eigenvalue weighted by atomic mass is 35.5. The molecule has 2 rings (SSSR count). The van der Waals surface area contributed by atoms with Gasteiger partial charge < -0.3 is 14.4 Å². The average Bonchev–Trinajstić information content (AvgIpc) is 2.81. The Morgan fingerprint density at radius 3 is 2.55 bits per heavy atom. The lowest BCUT2D eigenvalue weighted by atomic mass is 10.2. The van der Waals surface area contributed by atoms with Crippen molar-refractivity contribution in [1.29, 1.82) is 0 Å². The van der Waals surface area contributed by atoms with E-state index in [-0.39, 0.29) is 5.75 Å². The fraction of sp³-hybridized carbons (Fsp3) is 0.385. The number of alkyl halides is 3. The topological polar surface area (TPSA) is 21.7 Å². The fourth-order valence-corrected chi connectivity index (χ4v) is 2.13. The Labute approximate surface area is 119 Å². The van der Waals surface area contributed by atoms with Gasteiger partial charge in [-0.2, -0.15) is 13.2 Å². The van der Waals surface area contributed by atoms with E-state index < -0.39 is 12.8 Å². The van der Waals surface area contributed by atoms with Crippen LogP contribution in [0.4, 0.5) is 18.9 Å². The minimum Gasteiger partial charge on any atom is -0.494 e. The Kier molecular flexibility index (Phi) is 4.32. The summed E-state index contributed by atoms with van der Waals surface area (Å²) in [5, 5.41) is 0.637. The van der Waals surface area contributed by atoms with E-state index in [9.17, 15) is 13.2 Å². The molecule has 3 nitrogen and oxygen atoms in total. The molecule has 0 fully saturated rings. The summed E-state index contributed by atoms with van der Waals surface area (Å²) in [6.07, 6.45) is -2.09. The molecule has 1 heterocycles. The van der Waals surface area contributed by atoms with Crippen LogP contribution >= 0.6 is 11.6 Å². The van der Waals surface area contributed by atoms with E-state index in [1.54, 1.807) is 23.2 Å². The van der Waals surface area contributed by atoms with Crippen LogP contribution in [0.25, 0.3) is 0 Å². The van der Waals surface area contributed by atoms with Crippen molar-refractivity contribution >= 4 is 17.3 Å². The van der Waals surface area contributed by atoms with Crippen LogP contribution in [0.15, 0.2) is 29.4 Å². The first-order chi connectivity index (χ1) is 9.40. The van der Waals surface area contributed by atoms with Gasteiger partial charge in [-0.25, -0.2) is 0 Å². The number of nitrogens with zero attached hydrogens (tertiary/aromatic N) is 1. The minimum absolute atomic E-state index is 0.115. The van der Waals surface area contributed by atoms with Gasteiger partial charge in [-0.1, -0.05) is 17.7 Å². The van der Waals surface area contributed by atoms with Gasteiger partial charge in [0.2, 0.25) is 0 Å². The largest absolute Gasteiger partial charge is 0.494 e. The van der Waals surface area contributed by atoms with Crippen molar-refractivity contribution in [2.45, 2.75) is 12.6 Å². The molecule has 0 saturated heterocycles. The van der Waals surface area contributed by atoms with E-state index in [1.807, 2.05) is 0 Å². The number of ether oxygens (including phenoxy) is 2. The number of methoxy groups -OCH3 is 1. The lowest BCUT2D eigenvalue weighted by molar-refractivity contribution is -0.153. The van der Waals surface area contributed by atoms with Crippen LogP contribution in [0.3, 0.4) is 0 Å². The van der Waals surface area contributed by atoms with Crippen LogP contribution in [0, 0.1) is 0 Å². The van der Waals surface area contributed by atoms with Gasteiger partial charge >= 0.3 is 6.18 Å². The fourth-order valence-electron chi connectivity index (χ4n) is 1.93. The summed E-state index contributed by atoms with van der Waals surface area (Å²) in [7, 11) is 1.45. The van der Waals surface area contributed by atoms with Gasteiger partial charge in [-0.3, -0.25) is 0 Å². The molecule has 110 valence electrons. The number of hydrogen-bond acceptors (Lipinski definition) is 3. The summed E-state index contributed by atoms with van der Waals surface area (Å²) in [5.74, 6) is 0.552. The van der Waals surface area contributed by atoms with Crippen molar-refractivity contribution in [3.8, 4) is 11.5 Å². The first-order valence-electron chi connectivity index (χ1n) is 5.90. The molecule has 0 saturated carbocycles. The van der Waals surface area contributed by atoms with Gasteiger partial charge in [0.25, 0.3) is 0 Å². The van der Waals surface area contributed by atoms with Crippen LogP contribution in [-0.2, 0) is 0 Å². The van der Waals surface area contributed by atoms with Crippen molar-refractivity contribution < 1.29 is 22.6 Å². The number of halogens is 4. The van der Waals surface area contributed by atoms with Crippen LogP contribution in [0.1, 0.15) is 6.42 Å². The highest BCUT2D eigenvalue weighted by Crippen LogP contribution is 2.41. The molecule has 0 aliphatic carbocycles. The summed E-state index contributed by atoms with van der Waals surface area (Å²) in [6, 6.07) is 4.72. The Morgan fingerprint density at radius 2 is 2.00 bits per heavy atom. The first kappa shape index (κ1) is 14.8. The second kappa shape index (κ2) is 5.83. The standard InChI is InChI=1S/C13H13ClF3NO2/c1-19-10-3-2-4-11(20-8-13(15,16)17)12(10)18-6-5-9(14)7-18/h2-4,7H,5-6,8H2,1H3. The predicted molar refractivity (Wildman–Crippen MR) is 70.4 cm³/mol. The lowest BCUT2D eigenvalue weighted by Gasteiger charge is -2.22. The Bertz CT molecular complexity index is 517. The van der Waals surface area contributed by atoms with E-state index in [4.69, 9.17) is 21.1 Å². The van der Waals surface area contributed by atoms with Crippen LogP contribution in [0.2, 0.25) is 0 Å². The number of hydrogen-bond donors (Lipinski definition) is 0. The SMILES string of the molecule is COc1cccc(OCC(F)(F)F)c1N1C=C(Cl)CC1. The highest BCUT2D eigenvalue weighted by Gasteiger charge is 2.30. The van der Waals surface area contributed by atoms with E-state index in [1.165, 1.54) is 13.2 Å². The molecule has 0 bridgehead atoms. The zero-order valence-electron chi connectivity index (χ0n) is 10.7. The molecule has 1 aliphatic heterocycles. The summed E-state index contributed by atoms with van der Waals surface area (Å²) < 4.78 is 46.9. The van der Waals surface area contributed by atoms with E-state index in [0.29, 0.717) is 29.4 Å². The van der Waals surface area contributed by atoms with Gasteiger partial charge in [-0.15, -0.1) is 0 Å². The smallest absolute Gasteiger partial charge is 0.422 e. The molecule has 0 aromatic heterocycles. The highest BCUT2D eigenvalue weighted by molar-refractivity contribution is 6.30. The first-order valence-corrected chi connectivity index (χ1v) is 6.28. The molecule has 0 atom stereocenters. The second-order valence-electron chi connectivity index (χ2n) is 4.23. The van der Waals surface area contributed by atoms with E-state index in [0.717, 1.165) is 0 Å². The molecule has 1 aliphatic rings. The summed E-state index contributed by atoms with van der Waals surface area (Å²) in [4.78, 5) is 1.73. The number of rotatable bonds is 4. The van der Waals surface area contributed by atoms with Crippen molar-refractivity contribution in [2.75, 3.05) is 25.2 Å². The lowest BCUT2D eigenvalue weighted by Crippen LogP contribution is -2.21. The van der Waals surface area contributed by atoms with E-state index >= 15 is 0 Å². The minimum atomic E-state index is -4.39. The maximum atomic E-state index is 12.3. The molecule has 1 aromatic rings. The maximum absolute atomic E-state index is 12.3. The van der Waals surface area contributed by atoms with Gasteiger partial charge in [-0.05, 0) is 12.1 Å². The van der Waals surface area contributed by atoms with Crippen LogP contribution in [0.5, 0.6) is 11.5 Å². The molecular formula is C13H13ClF3NO2. The van der Waals surface area contributed by atoms with Crippen molar-refractivity contribution in [2.24, 2.45) is 0 Å². The van der Waals surface area contributed by atoms with Gasteiger partial charge in [0.1, 0.15) is 17.2 Å². The molecule has 0 radical (unpaired) electrons. The van der Waals surface area contributed by atoms with Gasteiger partial charge in [0, 0.05) is 24.2 Å². The third-order valence-electron chi connectivity index (χ3n) is 2.75. The molecule has 0 unspecified atom stereocenters. The van der Waals surface area contributed by atoms with Crippen molar-refractivity contribution in [3.05, 3.63) is 29.4 Å². The quantitative estimate of drug-likeness (QED) is 0.841. The molecule has 0 amide bonds. The zero-order chi connectivity index (χ0) is 14.8. The zero-order valence-corrected chi connectivity index (χ0v) is 11.5. The Morgan fingerprint density at radius 1 is 1.30 bits per heavy atom. The molecular weight excluding hydrogens is 295 g/mol. The molecule has 0 N–H and O–H groups in total.